The summed E-state index contributed by atoms with van der Waals surface area (Å²) >= 11 is 0. The first-order valence-electron chi connectivity index (χ1n) is 5.13. The van der Waals surface area contributed by atoms with Gasteiger partial charge >= 0.3 is 0 Å². The Hall–Kier alpha value is -1.18. The van der Waals surface area contributed by atoms with E-state index in [1.54, 1.807) is 6.07 Å². The molecule has 2 rings (SSSR count). The molecule has 0 saturated carbocycles. The van der Waals surface area contributed by atoms with Crippen molar-refractivity contribution in [1.82, 2.24) is 0 Å². The third kappa shape index (κ3) is 1.69. The van der Waals surface area contributed by atoms with E-state index >= 15 is 0 Å². The smallest absolute Gasteiger partial charge is 0.120 e. The molecule has 0 aliphatic carbocycles. The van der Waals surface area contributed by atoms with Crippen molar-refractivity contribution in [3.63, 3.8) is 0 Å². The maximum Gasteiger partial charge on any atom is 0.120 e. The van der Waals surface area contributed by atoms with E-state index in [4.69, 9.17) is 0 Å². The van der Waals surface area contributed by atoms with Gasteiger partial charge in [0.25, 0.3) is 0 Å². The first-order valence-corrected chi connectivity index (χ1v) is 5.13. The van der Waals surface area contributed by atoms with E-state index in [2.05, 4.69) is 19.2 Å². The van der Waals surface area contributed by atoms with Gasteiger partial charge in [0, 0.05) is 17.8 Å². The number of aromatic hydroxyl groups is 1. The van der Waals surface area contributed by atoms with Gasteiger partial charge in [-0.05, 0) is 30.4 Å². The van der Waals surface area contributed by atoms with Gasteiger partial charge < -0.3 is 10.4 Å². The van der Waals surface area contributed by atoms with Gasteiger partial charge in [0.15, 0.2) is 0 Å². The summed E-state index contributed by atoms with van der Waals surface area (Å²) in [4.78, 5) is 0. The standard InChI is InChI=1S/C12H17NO/c1-12(2)6-7-13-10-4-3-5-11(14)9(10)8-12/h3-5,13-14H,6-8H2,1-2H3. The highest BCUT2D eigenvalue weighted by Crippen LogP contribution is 2.36. The lowest BCUT2D eigenvalue weighted by atomic mass is 9.83. The molecule has 1 aromatic carbocycles. The molecule has 2 heteroatoms. The van der Waals surface area contributed by atoms with Crippen LogP contribution in [0.25, 0.3) is 0 Å². The van der Waals surface area contributed by atoms with E-state index in [-0.39, 0.29) is 5.41 Å². The fourth-order valence-electron chi connectivity index (χ4n) is 2.03. The zero-order chi connectivity index (χ0) is 10.2. The summed E-state index contributed by atoms with van der Waals surface area (Å²) < 4.78 is 0. The number of anilines is 1. The topological polar surface area (TPSA) is 32.3 Å². The number of benzene rings is 1. The molecule has 0 amide bonds. The number of hydrogen-bond acceptors (Lipinski definition) is 2. The zero-order valence-electron chi connectivity index (χ0n) is 8.80. The van der Waals surface area contributed by atoms with Gasteiger partial charge in [0.1, 0.15) is 5.75 Å². The maximum absolute atomic E-state index is 9.77. The Morgan fingerprint density at radius 3 is 2.93 bits per heavy atom. The minimum atomic E-state index is 0.275. The van der Waals surface area contributed by atoms with Gasteiger partial charge in [-0.2, -0.15) is 0 Å². The monoisotopic (exact) mass is 191 g/mol. The van der Waals surface area contributed by atoms with Crippen molar-refractivity contribution in [3.05, 3.63) is 23.8 Å². The van der Waals surface area contributed by atoms with E-state index in [1.165, 1.54) is 0 Å². The van der Waals surface area contributed by atoms with Crippen molar-refractivity contribution in [2.75, 3.05) is 11.9 Å². The molecule has 1 heterocycles. The van der Waals surface area contributed by atoms with Crippen molar-refractivity contribution in [2.24, 2.45) is 5.41 Å². The molecule has 0 spiro atoms. The van der Waals surface area contributed by atoms with E-state index in [9.17, 15) is 5.11 Å². The van der Waals surface area contributed by atoms with Crippen molar-refractivity contribution < 1.29 is 5.11 Å². The van der Waals surface area contributed by atoms with Crippen molar-refractivity contribution in [2.45, 2.75) is 26.7 Å². The van der Waals surface area contributed by atoms with Crippen LogP contribution in [-0.4, -0.2) is 11.7 Å². The predicted octanol–water partition coefficient (Wildman–Crippen LogP) is 2.78. The van der Waals surface area contributed by atoms with Crippen LogP contribution in [0.15, 0.2) is 18.2 Å². The molecule has 2 N–H and O–H groups in total. The Balaban J connectivity index is 2.43. The number of phenolic OH excluding ortho intramolecular Hbond substituents is 1. The summed E-state index contributed by atoms with van der Waals surface area (Å²) in [6.45, 7) is 5.48. The summed E-state index contributed by atoms with van der Waals surface area (Å²) in [6, 6.07) is 5.69. The molecule has 0 saturated heterocycles. The molecule has 0 unspecified atom stereocenters. The molecular weight excluding hydrogens is 174 g/mol. The zero-order valence-corrected chi connectivity index (χ0v) is 8.80. The van der Waals surface area contributed by atoms with Crippen LogP contribution in [0, 0.1) is 5.41 Å². The fourth-order valence-corrected chi connectivity index (χ4v) is 2.03. The summed E-state index contributed by atoms with van der Waals surface area (Å²) in [5, 5.41) is 13.1. The third-order valence-corrected chi connectivity index (χ3v) is 2.92. The van der Waals surface area contributed by atoms with Crippen LogP contribution >= 0.6 is 0 Å². The van der Waals surface area contributed by atoms with Crippen LogP contribution in [-0.2, 0) is 6.42 Å². The number of nitrogens with one attached hydrogen (secondary N) is 1. The second-order valence-corrected chi connectivity index (χ2v) is 4.82. The molecule has 2 nitrogen and oxygen atoms in total. The quantitative estimate of drug-likeness (QED) is 0.661. The van der Waals surface area contributed by atoms with Gasteiger partial charge in [-0.25, -0.2) is 0 Å². The Labute approximate surface area is 85.0 Å². The van der Waals surface area contributed by atoms with Crippen LogP contribution in [0.4, 0.5) is 5.69 Å². The molecule has 14 heavy (non-hydrogen) atoms. The molecule has 0 atom stereocenters. The van der Waals surface area contributed by atoms with Gasteiger partial charge in [0.2, 0.25) is 0 Å². The molecule has 0 radical (unpaired) electrons. The van der Waals surface area contributed by atoms with Gasteiger partial charge in [0.05, 0.1) is 0 Å². The average molecular weight is 191 g/mol. The van der Waals surface area contributed by atoms with Crippen molar-refractivity contribution in [1.29, 1.82) is 0 Å². The lowest BCUT2D eigenvalue weighted by Gasteiger charge is -2.21. The minimum absolute atomic E-state index is 0.275. The average Bonchev–Trinajstić information content (AvgIpc) is 2.24. The first-order chi connectivity index (χ1) is 6.58. The van der Waals surface area contributed by atoms with Crippen LogP contribution in [0.5, 0.6) is 5.75 Å². The molecule has 0 fully saturated rings. The Bertz CT molecular complexity index is 344. The predicted molar refractivity (Wildman–Crippen MR) is 58.7 cm³/mol. The molecule has 76 valence electrons. The number of phenols is 1. The maximum atomic E-state index is 9.77. The summed E-state index contributed by atoms with van der Waals surface area (Å²) in [7, 11) is 0. The molecule has 0 bridgehead atoms. The van der Waals surface area contributed by atoms with E-state index in [1.807, 2.05) is 12.1 Å². The Morgan fingerprint density at radius 2 is 2.14 bits per heavy atom. The Morgan fingerprint density at radius 1 is 1.36 bits per heavy atom. The number of rotatable bonds is 0. The normalized spacial score (nSPS) is 19.3. The summed E-state index contributed by atoms with van der Waals surface area (Å²) in [5.74, 6) is 0.421. The second-order valence-electron chi connectivity index (χ2n) is 4.82. The number of hydrogen-bond donors (Lipinski definition) is 2. The SMILES string of the molecule is CC1(C)CCNc2cccc(O)c2C1. The molecule has 1 aliphatic heterocycles. The van der Waals surface area contributed by atoms with E-state index < -0.39 is 0 Å². The second kappa shape index (κ2) is 3.19. The molecule has 1 aromatic rings. The molecular formula is C12H17NO. The minimum Gasteiger partial charge on any atom is -0.508 e. The molecule has 1 aliphatic rings. The van der Waals surface area contributed by atoms with Crippen LogP contribution in [0.2, 0.25) is 0 Å². The van der Waals surface area contributed by atoms with Crippen LogP contribution in [0.3, 0.4) is 0 Å². The summed E-state index contributed by atoms with van der Waals surface area (Å²) in [6.07, 6.45) is 2.09. The fraction of sp³-hybridized carbons (Fsp3) is 0.500. The van der Waals surface area contributed by atoms with E-state index in [0.717, 1.165) is 30.6 Å². The largest absolute Gasteiger partial charge is 0.508 e. The van der Waals surface area contributed by atoms with Gasteiger partial charge in [-0.3, -0.25) is 0 Å². The number of fused-ring (bicyclic) bond motifs is 1. The highest BCUT2D eigenvalue weighted by Gasteiger charge is 2.24. The lowest BCUT2D eigenvalue weighted by Crippen LogP contribution is -2.15. The van der Waals surface area contributed by atoms with Crippen LogP contribution < -0.4 is 5.32 Å². The Kier molecular flexibility index (Phi) is 2.14. The van der Waals surface area contributed by atoms with Crippen LogP contribution in [0.1, 0.15) is 25.8 Å². The highest BCUT2D eigenvalue weighted by molar-refractivity contribution is 5.58. The van der Waals surface area contributed by atoms with E-state index in [0.29, 0.717) is 5.75 Å². The third-order valence-electron chi connectivity index (χ3n) is 2.92. The van der Waals surface area contributed by atoms with Gasteiger partial charge in [-0.1, -0.05) is 19.9 Å². The first kappa shape index (κ1) is 9.38. The molecule has 0 aromatic heterocycles. The van der Waals surface area contributed by atoms with Crippen molar-refractivity contribution in [3.8, 4) is 5.75 Å². The van der Waals surface area contributed by atoms with Crippen molar-refractivity contribution >= 4 is 5.69 Å². The lowest BCUT2D eigenvalue weighted by molar-refractivity contribution is 0.342. The highest BCUT2D eigenvalue weighted by atomic mass is 16.3. The summed E-state index contributed by atoms with van der Waals surface area (Å²) in [5.41, 5.74) is 2.43. The van der Waals surface area contributed by atoms with Gasteiger partial charge in [-0.15, -0.1) is 0 Å².